The second-order valence-corrected chi connectivity index (χ2v) is 6.37. The fourth-order valence-corrected chi connectivity index (χ4v) is 3.37. The minimum absolute atomic E-state index is 0.0237. The van der Waals surface area contributed by atoms with Gasteiger partial charge in [0.15, 0.2) is 11.5 Å². The first-order chi connectivity index (χ1) is 13.8. The van der Waals surface area contributed by atoms with Crippen LogP contribution in [0.2, 0.25) is 0 Å². The van der Waals surface area contributed by atoms with Gasteiger partial charge < -0.3 is 24.2 Å². The second-order valence-electron chi connectivity index (χ2n) is 6.37. The van der Waals surface area contributed by atoms with Gasteiger partial charge in [0.05, 0.1) is 38.5 Å². The van der Waals surface area contributed by atoms with Crippen molar-refractivity contribution in [2.75, 3.05) is 28.4 Å². The number of aliphatic hydroxyl groups is 1. The highest BCUT2D eigenvalue weighted by Gasteiger charge is 2.44. The van der Waals surface area contributed by atoms with Crippen molar-refractivity contribution in [2.45, 2.75) is 6.04 Å². The summed E-state index contributed by atoms with van der Waals surface area (Å²) in [5, 5.41) is 10.9. The molecule has 152 valence electrons. The summed E-state index contributed by atoms with van der Waals surface area (Å²) < 4.78 is 29.5. The molecule has 1 aliphatic rings. The Balaban J connectivity index is 2.23. The number of aliphatic hydroxyl groups excluding tert-OH is 1. The maximum Gasteiger partial charge on any atom is 0.295 e. The minimum atomic E-state index is -0.900. The first-order valence-electron chi connectivity index (χ1n) is 8.64. The molecule has 1 atom stereocenters. The van der Waals surface area contributed by atoms with Crippen molar-refractivity contribution >= 4 is 17.4 Å². The average molecular weight is 401 g/mol. The molecule has 0 saturated carbocycles. The number of rotatable bonds is 5. The van der Waals surface area contributed by atoms with Gasteiger partial charge in [0, 0.05) is 7.05 Å². The molecular formula is C21H20FNO6. The summed E-state index contributed by atoms with van der Waals surface area (Å²) >= 11 is 0. The van der Waals surface area contributed by atoms with Gasteiger partial charge in [-0.1, -0.05) is 6.07 Å². The van der Waals surface area contributed by atoms with Crippen LogP contribution in [-0.2, 0) is 9.59 Å². The fourth-order valence-electron chi connectivity index (χ4n) is 3.37. The van der Waals surface area contributed by atoms with Crippen molar-refractivity contribution in [2.24, 2.45) is 0 Å². The molecule has 1 heterocycles. The number of halogens is 1. The summed E-state index contributed by atoms with van der Waals surface area (Å²) in [6, 6.07) is 7.54. The van der Waals surface area contributed by atoms with Crippen molar-refractivity contribution in [3.8, 4) is 17.2 Å². The smallest absolute Gasteiger partial charge is 0.295 e. The monoisotopic (exact) mass is 401 g/mol. The maximum absolute atomic E-state index is 13.8. The molecule has 1 aliphatic heterocycles. The quantitative estimate of drug-likeness (QED) is 0.471. The Kier molecular flexibility index (Phi) is 5.45. The van der Waals surface area contributed by atoms with Crippen LogP contribution in [0.3, 0.4) is 0 Å². The number of amides is 1. The van der Waals surface area contributed by atoms with Gasteiger partial charge in [-0.15, -0.1) is 0 Å². The zero-order chi connectivity index (χ0) is 21.3. The van der Waals surface area contributed by atoms with Crippen LogP contribution in [0.5, 0.6) is 17.2 Å². The number of nitrogens with zero attached hydrogens (tertiary/aromatic N) is 1. The van der Waals surface area contributed by atoms with Gasteiger partial charge in [0.2, 0.25) is 0 Å². The van der Waals surface area contributed by atoms with Gasteiger partial charge in [-0.3, -0.25) is 9.59 Å². The SMILES string of the molecule is COc1ccc(C2/C(=C(\O)c3cc(F)ccc3OC)C(=O)C(=O)N2C)cc1OC. The van der Waals surface area contributed by atoms with Crippen molar-refractivity contribution < 1.29 is 33.3 Å². The van der Waals surface area contributed by atoms with Crippen LogP contribution in [-0.4, -0.2) is 50.1 Å². The Bertz CT molecular complexity index is 1020. The minimum Gasteiger partial charge on any atom is -0.507 e. The molecule has 1 unspecified atom stereocenters. The summed E-state index contributed by atoms with van der Waals surface area (Å²) in [4.78, 5) is 26.3. The van der Waals surface area contributed by atoms with Crippen LogP contribution in [0.1, 0.15) is 17.2 Å². The molecule has 2 aromatic rings. The second kappa shape index (κ2) is 7.83. The van der Waals surface area contributed by atoms with E-state index in [4.69, 9.17) is 14.2 Å². The van der Waals surface area contributed by atoms with Gasteiger partial charge in [0.1, 0.15) is 17.3 Å². The Labute approximate surface area is 166 Å². The van der Waals surface area contributed by atoms with E-state index >= 15 is 0 Å². The molecule has 0 aliphatic carbocycles. The lowest BCUT2D eigenvalue weighted by molar-refractivity contribution is -0.139. The van der Waals surface area contributed by atoms with E-state index in [9.17, 15) is 19.1 Å². The van der Waals surface area contributed by atoms with Crippen LogP contribution in [0.4, 0.5) is 4.39 Å². The van der Waals surface area contributed by atoms with Crippen molar-refractivity contribution in [1.29, 1.82) is 0 Å². The molecule has 1 fully saturated rings. The fraction of sp³-hybridized carbons (Fsp3) is 0.238. The van der Waals surface area contributed by atoms with Crippen molar-refractivity contribution in [3.63, 3.8) is 0 Å². The summed E-state index contributed by atoms with van der Waals surface area (Å²) in [6.07, 6.45) is 0. The van der Waals surface area contributed by atoms with E-state index < -0.39 is 29.3 Å². The third kappa shape index (κ3) is 3.37. The maximum atomic E-state index is 13.8. The number of Topliss-reactive ketones (excluding diaryl/α,β-unsaturated/α-hetero) is 1. The molecule has 0 spiro atoms. The lowest BCUT2D eigenvalue weighted by Crippen LogP contribution is -2.24. The van der Waals surface area contributed by atoms with Crippen LogP contribution >= 0.6 is 0 Å². The third-order valence-corrected chi connectivity index (χ3v) is 4.82. The highest BCUT2D eigenvalue weighted by atomic mass is 19.1. The van der Waals surface area contributed by atoms with Crippen LogP contribution in [0.25, 0.3) is 5.76 Å². The average Bonchev–Trinajstić information content (AvgIpc) is 2.96. The molecule has 2 aromatic carbocycles. The molecule has 29 heavy (non-hydrogen) atoms. The molecule has 1 amide bonds. The normalized spacial score (nSPS) is 18.1. The predicted molar refractivity (Wildman–Crippen MR) is 103 cm³/mol. The van der Waals surface area contributed by atoms with Crippen molar-refractivity contribution in [3.05, 3.63) is 58.9 Å². The van der Waals surface area contributed by atoms with E-state index in [0.717, 1.165) is 6.07 Å². The van der Waals surface area contributed by atoms with Crippen LogP contribution in [0.15, 0.2) is 42.0 Å². The molecule has 1 N–H and O–H groups in total. The number of likely N-dealkylation sites (N-methyl/N-ethyl adjacent to an activating group) is 1. The number of likely N-dealkylation sites (tertiary alicyclic amines) is 1. The zero-order valence-electron chi connectivity index (χ0n) is 16.4. The number of carbonyl (C=O) groups is 2. The Morgan fingerprint density at radius 2 is 1.59 bits per heavy atom. The van der Waals surface area contributed by atoms with E-state index in [1.54, 1.807) is 18.2 Å². The zero-order valence-corrected chi connectivity index (χ0v) is 16.4. The molecule has 3 rings (SSSR count). The largest absolute Gasteiger partial charge is 0.507 e. The van der Waals surface area contributed by atoms with Gasteiger partial charge in [-0.2, -0.15) is 0 Å². The molecule has 0 radical (unpaired) electrons. The van der Waals surface area contributed by atoms with E-state index in [1.165, 1.54) is 45.4 Å². The summed E-state index contributed by atoms with van der Waals surface area (Å²) in [5.41, 5.74) is 0.319. The molecular weight excluding hydrogens is 381 g/mol. The molecule has 0 bridgehead atoms. The summed E-state index contributed by atoms with van der Waals surface area (Å²) in [6.45, 7) is 0. The van der Waals surface area contributed by atoms with Crippen LogP contribution < -0.4 is 14.2 Å². The summed E-state index contributed by atoms with van der Waals surface area (Å²) in [7, 11) is 5.75. The lowest BCUT2D eigenvalue weighted by Gasteiger charge is -2.22. The first-order valence-corrected chi connectivity index (χ1v) is 8.64. The lowest BCUT2D eigenvalue weighted by atomic mass is 9.95. The molecule has 1 saturated heterocycles. The molecule has 0 aromatic heterocycles. The molecule has 8 heteroatoms. The number of carbonyl (C=O) groups excluding carboxylic acids is 2. The standard InChI is InChI=1S/C21H20FNO6/c1-23-18(11-5-7-15(28-3)16(9-11)29-4)17(20(25)21(23)26)19(24)13-10-12(22)6-8-14(13)27-2/h5-10,18,24H,1-4H3/b19-17+. The highest BCUT2D eigenvalue weighted by molar-refractivity contribution is 6.46. The number of hydrogen-bond donors (Lipinski definition) is 1. The first kappa shape index (κ1) is 20.2. The summed E-state index contributed by atoms with van der Waals surface area (Å²) in [5.74, 6) is -1.79. The highest BCUT2D eigenvalue weighted by Crippen LogP contribution is 2.42. The molecule has 7 nitrogen and oxygen atoms in total. The van der Waals surface area contributed by atoms with Gasteiger partial charge in [-0.05, 0) is 35.9 Å². The number of methoxy groups -OCH3 is 3. The Hall–Kier alpha value is -3.55. The van der Waals surface area contributed by atoms with E-state index in [-0.39, 0.29) is 16.9 Å². The Morgan fingerprint density at radius 3 is 2.21 bits per heavy atom. The number of hydrogen-bond acceptors (Lipinski definition) is 6. The van der Waals surface area contributed by atoms with E-state index in [1.807, 2.05) is 0 Å². The number of ketones is 1. The topological polar surface area (TPSA) is 85.3 Å². The van der Waals surface area contributed by atoms with Crippen molar-refractivity contribution in [1.82, 2.24) is 4.90 Å². The number of ether oxygens (including phenoxy) is 3. The van der Waals surface area contributed by atoms with Crippen LogP contribution in [0, 0.1) is 5.82 Å². The predicted octanol–water partition coefficient (Wildman–Crippen LogP) is 2.90. The van der Waals surface area contributed by atoms with Gasteiger partial charge >= 0.3 is 0 Å². The van der Waals surface area contributed by atoms with E-state index in [2.05, 4.69) is 0 Å². The number of benzene rings is 2. The Morgan fingerprint density at radius 1 is 0.966 bits per heavy atom. The van der Waals surface area contributed by atoms with Gasteiger partial charge in [0.25, 0.3) is 11.7 Å². The van der Waals surface area contributed by atoms with Gasteiger partial charge in [-0.25, -0.2) is 4.39 Å². The third-order valence-electron chi connectivity index (χ3n) is 4.82. The van der Waals surface area contributed by atoms with E-state index in [0.29, 0.717) is 17.1 Å².